The van der Waals surface area contributed by atoms with E-state index in [1.807, 2.05) is 20.8 Å². The normalized spacial score (nSPS) is 11.3. The van der Waals surface area contributed by atoms with Crippen LogP contribution in [0.15, 0.2) is 27.2 Å². The Morgan fingerprint density at radius 1 is 1.38 bits per heavy atom. The summed E-state index contributed by atoms with van der Waals surface area (Å²) in [5.41, 5.74) is 0.619. The van der Waals surface area contributed by atoms with Gasteiger partial charge in [-0.1, -0.05) is 23.4 Å². The first-order chi connectivity index (χ1) is 12.4. The van der Waals surface area contributed by atoms with Gasteiger partial charge in [0.2, 0.25) is 5.16 Å². The van der Waals surface area contributed by atoms with Crippen molar-refractivity contribution in [2.45, 2.75) is 39.0 Å². The Morgan fingerprint density at radius 2 is 2.12 bits per heavy atom. The first-order valence-electron chi connectivity index (χ1n) is 8.05. The first-order valence-corrected chi connectivity index (χ1v) is 9.65. The van der Waals surface area contributed by atoms with Crippen molar-refractivity contribution in [3.05, 3.63) is 38.8 Å². The smallest absolute Gasteiger partial charge is 0.296 e. The molecule has 0 amide bonds. The van der Waals surface area contributed by atoms with E-state index < -0.39 is 0 Å². The van der Waals surface area contributed by atoms with Crippen molar-refractivity contribution in [3.8, 4) is 11.5 Å². The van der Waals surface area contributed by atoms with E-state index in [1.165, 1.54) is 22.7 Å². The molecule has 0 bridgehead atoms. The lowest BCUT2D eigenvalue weighted by Crippen LogP contribution is -2.23. The second kappa shape index (κ2) is 9.05. The van der Waals surface area contributed by atoms with E-state index in [4.69, 9.17) is 21.1 Å². The van der Waals surface area contributed by atoms with E-state index in [1.54, 1.807) is 25.3 Å². The van der Waals surface area contributed by atoms with E-state index in [2.05, 4.69) is 15.3 Å². The van der Waals surface area contributed by atoms with Gasteiger partial charge in [-0.2, -0.15) is 9.78 Å². The summed E-state index contributed by atoms with van der Waals surface area (Å²) >= 11 is 7.63. The summed E-state index contributed by atoms with van der Waals surface area (Å²) in [4.78, 5) is 12.2. The molecule has 0 radical (unpaired) electrons. The summed E-state index contributed by atoms with van der Waals surface area (Å²) < 4.78 is 12.6. The highest BCUT2D eigenvalue weighted by Crippen LogP contribution is 2.37. The lowest BCUT2D eigenvalue weighted by atomic mass is 10.2. The molecule has 0 aliphatic heterocycles. The van der Waals surface area contributed by atoms with Crippen LogP contribution in [-0.2, 0) is 0 Å². The highest BCUT2D eigenvalue weighted by Gasteiger charge is 2.14. The predicted octanol–water partition coefficient (Wildman–Crippen LogP) is 3.39. The van der Waals surface area contributed by atoms with Gasteiger partial charge >= 0.3 is 0 Å². The van der Waals surface area contributed by atoms with Gasteiger partial charge < -0.3 is 9.47 Å². The number of halogens is 1. The van der Waals surface area contributed by atoms with Gasteiger partial charge in [0.25, 0.3) is 5.56 Å². The number of thioether (sulfide) groups is 1. The average molecular weight is 397 g/mol. The van der Waals surface area contributed by atoms with Crippen LogP contribution < -0.4 is 15.0 Å². The fraction of sp³-hybridized carbons (Fsp3) is 0.412. The number of aryl methyl sites for hydroxylation is 1. The van der Waals surface area contributed by atoms with E-state index >= 15 is 0 Å². The Kier molecular flexibility index (Phi) is 7.05. The van der Waals surface area contributed by atoms with Crippen molar-refractivity contribution in [1.29, 1.82) is 0 Å². The molecule has 1 aromatic heterocycles. The second-order valence-corrected chi connectivity index (χ2v) is 6.74. The monoisotopic (exact) mass is 396 g/mol. The number of ether oxygens (including phenoxy) is 2. The van der Waals surface area contributed by atoms with Crippen molar-refractivity contribution in [1.82, 2.24) is 14.9 Å². The minimum Gasteiger partial charge on any atom is -0.490 e. The minimum atomic E-state index is -0.323. The Bertz CT molecular complexity index is 868. The van der Waals surface area contributed by atoms with Crippen LogP contribution in [-0.4, -0.2) is 40.1 Å². The highest BCUT2D eigenvalue weighted by atomic mass is 35.5. The van der Waals surface area contributed by atoms with E-state index in [0.717, 1.165) is 0 Å². The van der Waals surface area contributed by atoms with Crippen LogP contribution in [0.2, 0.25) is 5.02 Å². The second-order valence-electron chi connectivity index (χ2n) is 5.56. The van der Waals surface area contributed by atoms with Crippen molar-refractivity contribution in [3.63, 3.8) is 0 Å². The zero-order valence-corrected chi connectivity index (χ0v) is 16.9. The number of aromatic nitrogens is 3. The molecule has 1 heterocycles. The molecule has 0 aliphatic carbocycles. The van der Waals surface area contributed by atoms with Gasteiger partial charge in [-0.05, 0) is 51.6 Å². The summed E-state index contributed by atoms with van der Waals surface area (Å²) in [5.74, 6) is 1.01. The molecular weight excluding hydrogens is 376 g/mol. The maximum atomic E-state index is 12.2. The molecule has 0 atom stereocenters. The van der Waals surface area contributed by atoms with Crippen LogP contribution in [0.5, 0.6) is 11.5 Å². The number of hydrogen-bond acceptors (Lipinski definition) is 7. The predicted molar refractivity (Wildman–Crippen MR) is 104 cm³/mol. The van der Waals surface area contributed by atoms with E-state index in [0.29, 0.717) is 33.8 Å². The number of benzene rings is 1. The van der Waals surface area contributed by atoms with Crippen LogP contribution in [0.4, 0.5) is 0 Å². The fourth-order valence-electron chi connectivity index (χ4n) is 2.07. The summed E-state index contributed by atoms with van der Waals surface area (Å²) in [7, 11) is 0. The number of hydrogen-bond donors (Lipinski definition) is 0. The summed E-state index contributed by atoms with van der Waals surface area (Å²) in [6, 6.07) is 3.47. The van der Waals surface area contributed by atoms with E-state index in [9.17, 15) is 4.79 Å². The molecule has 1 aromatic carbocycles. The Hall–Kier alpha value is -2.06. The maximum absolute atomic E-state index is 12.2. The molecule has 2 aromatic rings. The van der Waals surface area contributed by atoms with E-state index in [-0.39, 0.29) is 17.4 Å². The van der Waals surface area contributed by atoms with Crippen LogP contribution >= 0.6 is 23.4 Å². The molecule has 26 heavy (non-hydrogen) atoms. The molecule has 9 heteroatoms. The minimum absolute atomic E-state index is 0.0418. The largest absolute Gasteiger partial charge is 0.490 e. The van der Waals surface area contributed by atoms with Crippen molar-refractivity contribution in [2.24, 2.45) is 5.10 Å². The molecule has 0 aliphatic rings. The van der Waals surface area contributed by atoms with Crippen molar-refractivity contribution >= 4 is 29.6 Å². The van der Waals surface area contributed by atoms with Gasteiger partial charge in [0.1, 0.15) is 5.69 Å². The molecule has 7 nitrogen and oxygen atoms in total. The van der Waals surface area contributed by atoms with Crippen LogP contribution in [0, 0.1) is 6.92 Å². The fourth-order valence-corrected chi connectivity index (χ4v) is 2.76. The molecule has 2 rings (SSSR count). The molecule has 140 valence electrons. The summed E-state index contributed by atoms with van der Waals surface area (Å²) in [5, 5.41) is 12.8. The van der Waals surface area contributed by atoms with Crippen molar-refractivity contribution < 1.29 is 9.47 Å². The van der Waals surface area contributed by atoms with Gasteiger partial charge in [-0.25, -0.2) is 0 Å². The van der Waals surface area contributed by atoms with Gasteiger partial charge in [-0.15, -0.1) is 10.2 Å². The quantitative estimate of drug-likeness (QED) is 0.527. The lowest BCUT2D eigenvalue weighted by molar-refractivity contribution is 0.224. The third-order valence-corrected chi connectivity index (χ3v) is 4.06. The van der Waals surface area contributed by atoms with Gasteiger partial charge in [-0.3, -0.25) is 4.79 Å². The molecule has 0 N–H and O–H groups in total. The zero-order valence-electron chi connectivity index (χ0n) is 15.3. The maximum Gasteiger partial charge on any atom is 0.296 e. The number of rotatable bonds is 7. The van der Waals surface area contributed by atoms with Crippen LogP contribution in [0.25, 0.3) is 0 Å². The molecule has 0 unspecified atom stereocenters. The van der Waals surface area contributed by atoms with Crippen LogP contribution in [0.3, 0.4) is 0 Å². The third kappa shape index (κ3) is 4.76. The SMILES string of the molecule is CCOc1cc(/C=N\n2c(SC)nnc(C)c2=O)cc(Cl)c1OC(C)C. The third-order valence-electron chi connectivity index (χ3n) is 3.16. The van der Waals surface area contributed by atoms with Gasteiger partial charge in [0, 0.05) is 0 Å². The summed E-state index contributed by atoms with van der Waals surface area (Å²) in [6.45, 7) is 7.76. The standard InChI is InChI=1S/C17H21ClN4O3S/c1-6-24-14-8-12(7-13(18)15(14)25-10(2)3)9-19-22-16(23)11(4)20-21-17(22)26-5/h7-10H,6H2,1-5H3/b19-9-. The zero-order chi connectivity index (χ0) is 19.3. The highest BCUT2D eigenvalue weighted by molar-refractivity contribution is 7.98. The molecular formula is C17H21ClN4O3S. The Morgan fingerprint density at radius 3 is 2.73 bits per heavy atom. The lowest BCUT2D eigenvalue weighted by Gasteiger charge is -2.16. The van der Waals surface area contributed by atoms with Crippen LogP contribution in [0.1, 0.15) is 32.0 Å². The number of nitrogens with zero attached hydrogens (tertiary/aromatic N) is 4. The summed E-state index contributed by atoms with van der Waals surface area (Å²) in [6.07, 6.45) is 3.28. The average Bonchev–Trinajstić information content (AvgIpc) is 2.59. The molecule has 0 fully saturated rings. The van der Waals surface area contributed by atoms with Crippen molar-refractivity contribution in [2.75, 3.05) is 12.9 Å². The molecule has 0 spiro atoms. The van der Waals surface area contributed by atoms with Gasteiger partial charge in [0.05, 0.1) is 23.9 Å². The molecule has 0 saturated heterocycles. The Labute approximate surface area is 161 Å². The first kappa shape index (κ1) is 20.3. The Balaban J connectivity index is 2.46. The molecule has 0 saturated carbocycles. The topological polar surface area (TPSA) is 78.6 Å². The van der Waals surface area contributed by atoms with Gasteiger partial charge in [0.15, 0.2) is 11.5 Å².